The maximum absolute atomic E-state index is 12.4. The molecule has 0 N–H and O–H groups in total. The molecular weight excluding hydrogens is 448 g/mol. The smallest absolute Gasteiger partial charge is 0.338 e. The zero-order valence-corrected chi connectivity index (χ0v) is 22.5. The van der Waals surface area contributed by atoms with Gasteiger partial charge in [-0.3, -0.25) is 9.78 Å². The zero-order chi connectivity index (χ0) is 25.7. The van der Waals surface area contributed by atoms with Crippen molar-refractivity contribution in [3.05, 3.63) is 60.2 Å². The Balaban J connectivity index is 1.42. The molecule has 0 unspecified atom stereocenters. The first kappa shape index (κ1) is 29.7. The van der Waals surface area contributed by atoms with Crippen LogP contribution in [0, 0.1) is 0 Å². The van der Waals surface area contributed by atoms with Crippen LogP contribution in [0.15, 0.2) is 49.1 Å². The van der Waals surface area contributed by atoms with E-state index in [-0.39, 0.29) is 18.3 Å². The van der Waals surface area contributed by atoms with E-state index in [0.717, 1.165) is 12.8 Å². The number of unbranched alkanes of at least 4 members (excludes halogenated alkanes) is 15. The van der Waals surface area contributed by atoms with Crippen molar-refractivity contribution < 1.29 is 18.9 Å². The van der Waals surface area contributed by atoms with Crippen molar-refractivity contribution in [2.75, 3.05) is 6.61 Å². The van der Waals surface area contributed by atoms with E-state index in [4.69, 9.17) is 4.74 Å². The van der Waals surface area contributed by atoms with Gasteiger partial charge in [-0.15, -0.1) is 0 Å². The molecule has 0 amide bonds. The van der Waals surface area contributed by atoms with Gasteiger partial charge in [-0.25, -0.2) is 4.79 Å². The van der Waals surface area contributed by atoms with Crippen molar-refractivity contribution in [1.82, 2.24) is 4.98 Å². The molecule has 0 fully saturated rings. The lowest BCUT2D eigenvalue weighted by atomic mass is 10.0. The summed E-state index contributed by atoms with van der Waals surface area (Å²) < 4.78 is 7.18. The van der Waals surface area contributed by atoms with E-state index in [0.29, 0.717) is 17.7 Å². The lowest BCUT2D eigenvalue weighted by Gasteiger charge is -2.06. The second-order valence-electron chi connectivity index (χ2n) is 9.86. The van der Waals surface area contributed by atoms with E-state index in [2.05, 4.69) is 11.9 Å². The van der Waals surface area contributed by atoms with E-state index in [1.165, 1.54) is 89.9 Å². The Morgan fingerprint density at radius 2 is 1.11 bits per heavy atom. The fourth-order valence-corrected chi connectivity index (χ4v) is 4.40. The highest BCUT2D eigenvalue weighted by Gasteiger charge is 2.13. The number of rotatable bonds is 21. The molecule has 0 aliphatic carbocycles. The Bertz CT molecular complexity index is 837. The van der Waals surface area contributed by atoms with Crippen LogP contribution in [0.3, 0.4) is 0 Å². The van der Waals surface area contributed by atoms with E-state index in [1.54, 1.807) is 53.6 Å². The minimum Gasteiger partial charge on any atom is -0.462 e. The number of aromatic nitrogens is 2. The second-order valence-corrected chi connectivity index (χ2v) is 9.86. The first-order chi connectivity index (χ1) is 17.7. The number of benzene rings is 1. The summed E-state index contributed by atoms with van der Waals surface area (Å²) in [6.07, 6.45) is 28.0. The Morgan fingerprint density at radius 1 is 0.667 bits per heavy atom. The topological polar surface area (TPSA) is 60.1 Å². The van der Waals surface area contributed by atoms with Crippen molar-refractivity contribution in [3.8, 4) is 0 Å². The molecule has 0 bridgehead atoms. The first-order valence-corrected chi connectivity index (χ1v) is 14.3. The summed E-state index contributed by atoms with van der Waals surface area (Å²) >= 11 is 0. The lowest BCUT2D eigenvalue weighted by Crippen LogP contribution is -2.37. The van der Waals surface area contributed by atoms with Crippen LogP contribution < -0.4 is 4.57 Å². The number of Topliss-reactive ketones (excluding diaryl/α,β-unsaturated/α-hetero) is 1. The molecule has 0 aliphatic rings. The lowest BCUT2D eigenvalue weighted by molar-refractivity contribution is -0.683. The summed E-state index contributed by atoms with van der Waals surface area (Å²) in [6, 6.07) is 6.71. The van der Waals surface area contributed by atoms with Gasteiger partial charge in [0.1, 0.15) is 0 Å². The minimum atomic E-state index is -0.321. The van der Waals surface area contributed by atoms with Crippen LogP contribution in [0.1, 0.15) is 130 Å². The Hall–Kier alpha value is -2.56. The van der Waals surface area contributed by atoms with Gasteiger partial charge < -0.3 is 4.74 Å². The third kappa shape index (κ3) is 13.5. The molecule has 5 nitrogen and oxygen atoms in total. The molecular formula is C31H47N2O3+. The summed E-state index contributed by atoms with van der Waals surface area (Å²) in [5, 5.41) is 0. The standard InChI is InChI=1S/C31H47N2O3/c1-2-3-4-5-6-7-8-9-10-11-12-13-14-15-16-17-26-36-31(35)29-20-18-28(19-21-29)30(34)27-33-24-22-32-23-25-33/h18-25H,2-17,26-27H2,1H3/q+1. The SMILES string of the molecule is CCCCCCCCCCCCCCCCCCOC(=O)c1ccc(C(=O)C[n+]2ccncc2)cc1. The molecule has 0 aliphatic heterocycles. The predicted octanol–water partition coefficient (Wildman–Crippen LogP) is 7.67. The van der Waals surface area contributed by atoms with Crippen molar-refractivity contribution >= 4 is 11.8 Å². The van der Waals surface area contributed by atoms with Crippen LogP contribution in [-0.2, 0) is 11.3 Å². The van der Waals surface area contributed by atoms with Crippen LogP contribution >= 0.6 is 0 Å². The van der Waals surface area contributed by atoms with Gasteiger partial charge >= 0.3 is 5.97 Å². The Morgan fingerprint density at radius 3 is 1.61 bits per heavy atom. The maximum atomic E-state index is 12.4. The molecule has 0 radical (unpaired) electrons. The van der Waals surface area contributed by atoms with Crippen molar-refractivity contribution in [2.45, 2.75) is 116 Å². The first-order valence-electron chi connectivity index (χ1n) is 14.3. The average Bonchev–Trinajstić information content (AvgIpc) is 2.91. The highest BCUT2D eigenvalue weighted by Crippen LogP contribution is 2.14. The molecule has 0 saturated carbocycles. The van der Waals surface area contributed by atoms with Crippen molar-refractivity contribution in [1.29, 1.82) is 0 Å². The van der Waals surface area contributed by atoms with E-state index < -0.39 is 0 Å². The number of esters is 1. The number of carbonyl (C=O) groups is 2. The number of ketones is 1. The van der Waals surface area contributed by atoms with Gasteiger partial charge in [-0.05, 0) is 18.6 Å². The highest BCUT2D eigenvalue weighted by atomic mass is 16.5. The van der Waals surface area contributed by atoms with Gasteiger partial charge in [-0.2, -0.15) is 4.57 Å². The molecule has 2 rings (SSSR count). The summed E-state index contributed by atoms with van der Waals surface area (Å²) in [5.74, 6) is -0.335. The molecule has 2 aromatic rings. The van der Waals surface area contributed by atoms with Gasteiger partial charge in [0, 0.05) is 5.56 Å². The average molecular weight is 496 g/mol. The van der Waals surface area contributed by atoms with Crippen LogP contribution in [0.4, 0.5) is 0 Å². The monoisotopic (exact) mass is 495 g/mol. The van der Waals surface area contributed by atoms with Crippen LogP contribution in [0.5, 0.6) is 0 Å². The van der Waals surface area contributed by atoms with Crippen LogP contribution in [-0.4, -0.2) is 23.3 Å². The van der Waals surface area contributed by atoms with Gasteiger partial charge in [0.2, 0.25) is 12.3 Å². The third-order valence-electron chi connectivity index (χ3n) is 6.69. The number of nitrogens with zero attached hydrogens (tertiary/aromatic N) is 2. The number of hydrogen-bond acceptors (Lipinski definition) is 4. The largest absolute Gasteiger partial charge is 0.462 e. The van der Waals surface area contributed by atoms with Crippen LogP contribution in [0.25, 0.3) is 0 Å². The fraction of sp³-hybridized carbons (Fsp3) is 0.613. The molecule has 36 heavy (non-hydrogen) atoms. The second kappa shape index (κ2) is 19.6. The van der Waals surface area contributed by atoms with Gasteiger partial charge in [-0.1, -0.05) is 115 Å². The predicted molar refractivity (Wildman–Crippen MR) is 145 cm³/mol. The molecule has 0 atom stereocenters. The molecule has 1 aromatic heterocycles. The maximum Gasteiger partial charge on any atom is 0.338 e. The fourth-order valence-electron chi connectivity index (χ4n) is 4.40. The molecule has 198 valence electrons. The van der Waals surface area contributed by atoms with Crippen LogP contribution in [0.2, 0.25) is 0 Å². The third-order valence-corrected chi connectivity index (χ3v) is 6.69. The molecule has 1 heterocycles. The van der Waals surface area contributed by atoms with Crippen molar-refractivity contribution in [3.63, 3.8) is 0 Å². The minimum absolute atomic E-state index is 0.0146. The zero-order valence-electron chi connectivity index (χ0n) is 22.5. The normalized spacial score (nSPS) is 10.9. The summed E-state index contributed by atoms with van der Waals surface area (Å²) in [4.78, 5) is 28.6. The molecule has 0 spiro atoms. The van der Waals surface area contributed by atoms with E-state index in [1.807, 2.05) is 0 Å². The summed E-state index contributed by atoms with van der Waals surface area (Å²) in [7, 11) is 0. The Kier molecular flexibility index (Phi) is 16.2. The van der Waals surface area contributed by atoms with E-state index in [9.17, 15) is 9.59 Å². The van der Waals surface area contributed by atoms with E-state index >= 15 is 0 Å². The number of ether oxygens (including phenoxy) is 1. The Labute approximate surface area is 218 Å². The van der Waals surface area contributed by atoms with Gasteiger partial charge in [0.15, 0.2) is 12.4 Å². The number of carbonyl (C=O) groups excluding carboxylic acids is 2. The van der Waals surface area contributed by atoms with Crippen molar-refractivity contribution in [2.24, 2.45) is 0 Å². The highest BCUT2D eigenvalue weighted by molar-refractivity contribution is 5.96. The van der Waals surface area contributed by atoms with Gasteiger partial charge in [0.05, 0.1) is 24.6 Å². The molecule has 0 saturated heterocycles. The summed E-state index contributed by atoms with van der Waals surface area (Å²) in [5.41, 5.74) is 1.06. The molecule has 5 heteroatoms. The molecule has 1 aromatic carbocycles. The van der Waals surface area contributed by atoms with Gasteiger partial charge in [0.25, 0.3) is 0 Å². The summed E-state index contributed by atoms with van der Waals surface area (Å²) in [6.45, 7) is 2.97. The number of hydrogen-bond donors (Lipinski definition) is 0. The quantitative estimate of drug-likeness (QED) is 0.0771.